The number of benzene rings is 1. The first kappa shape index (κ1) is 17.7. The number of aromatic nitrogens is 1. The molecule has 0 bridgehead atoms. The third-order valence-electron chi connectivity index (χ3n) is 3.79. The summed E-state index contributed by atoms with van der Waals surface area (Å²) in [5, 5.41) is 3.33. The van der Waals surface area contributed by atoms with Crippen LogP contribution in [0.15, 0.2) is 41.5 Å². The van der Waals surface area contributed by atoms with Crippen molar-refractivity contribution in [1.29, 1.82) is 0 Å². The van der Waals surface area contributed by atoms with Crippen LogP contribution >= 0.6 is 23.2 Å². The molecular weight excluding hydrogens is 363 g/mol. The van der Waals surface area contributed by atoms with E-state index in [4.69, 9.17) is 33.7 Å². The van der Waals surface area contributed by atoms with Crippen LogP contribution in [0.2, 0.25) is 10.0 Å². The van der Waals surface area contributed by atoms with Gasteiger partial charge in [0.1, 0.15) is 23.7 Å². The third kappa shape index (κ3) is 3.92. The van der Waals surface area contributed by atoms with Crippen molar-refractivity contribution < 1.29 is 9.53 Å². The average Bonchev–Trinajstić information content (AvgIpc) is 2.54. The Hall–Kier alpha value is -2.15. The molecule has 1 aliphatic heterocycles. The standard InChI is InChI=1S/C17H16Cl2N4O2/c1-17(9-25-8-14(20)23-17)10-3-2-4-12(5-10)22-16(24)15-13(19)6-11(18)7-21-15/h2-7H,8-9H2,1H3,(H2,20,23)(H,22,24). The van der Waals surface area contributed by atoms with Gasteiger partial charge < -0.3 is 15.8 Å². The SMILES string of the molecule is CC1(c2cccc(NC(=O)c3ncc(Cl)cc3Cl)c2)COCC(N)=N1. The second kappa shape index (κ2) is 7.00. The van der Waals surface area contributed by atoms with Crippen molar-refractivity contribution in [2.75, 3.05) is 18.5 Å². The molecular formula is C17H16Cl2N4O2. The first-order valence-corrected chi connectivity index (χ1v) is 8.28. The minimum atomic E-state index is -0.598. The lowest BCUT2D eigenvalue weighted by Gasteiger charge is -2.30. The Labute approximate surface area is 155 Å². The number of carbonyl (C=O) groups is 1. The van der Waals surface area contributed by atoms with Crippen molar-refractivity contribution >= 4 is 40.6 Å². The summed E-state index contributed by atoms with van der Waals surface area (Å²) in [7, 11) is 0. The monoisotopic (exact) mass is 378 g/mol. The van der Waals surface area contributed by atoms with Crippen LogP contribution in [-0.4, -0.2) is 29.9 Å². The van der Waals surface area contributed by atoms with Crippen LogP contribution in [-0.2, 0) is 10.3 Å². The molecule has 6 nitrogen and oxygen atoms in total. The molecule has 1 amide bonds. The molecule has 8 heteroatoms. The Morgan fingerprint density at radius 1 is 1.36 bits per heavy atom. The molecule has 3 rings (SSSR count). The number of halogens is 2. The quantitative estimate of drug-likeness (QED) is 0.857. The molecule has 0 aliphatic carbocycles. The Balaban J connectivity index is 1.85. The zero-order valence-electron chi connectivity index (χ0n) is 13.4. The molecule has 0 spiro atoms. The van der Waals surface area contributed by atoms with Crippen LogP contribution in [0.3, 0.4) is 0 Å². The van der Waals surface area contributed by atoms with Crippen LogP contribution in [0, 0.1) is 0 Å². The van der Waals surface area contributed by atoms with Gasteiger partial charge in [-0.1, -0.05) is 35.3 Å². The van der Waals surface area contributed by atoms with E-state index in [2.05, 4.69) is 15.3 Å². The van der Waals surface area contributed by atoms with E-state index >= 15 is 0 Å². The molecule has 0 fully saturated rings. The zero-order chi connectivity index (χ0) is 18.0. The molecule has 3 N–H and O–H groups in total. The Kier molecular flexibility index (Phi) is 4.94. The number of aliphatic imine (C=N–C) groups is 1. The molecule has 2 aromatic rings. The first-order valence-electron chi connectivity index (χ1n) is 7.52. The van der Waals surface area contributed by atoms with E-state index in [-0.39, 0.29) is 10.7 Å². The van der Waals surface area contributed by atoms with Crippen LogP contribution in [0.1, 0.15) is 23.0 Å². The summed E-state index contributed by atoms with van der Waals surface area (Å²) >= 11 is 11.8. The molecule has 25 heavy (non-hydrogen) atoms. The second-order valence-electron chi connectivity index (χ2n) is 5.89. The predicted molar refractivity (Wildman–Crippen MR) is 98.4 cm³/mol. The van der Waals surface area contributed by atoms with Gasteiger partial charge in [0.15, 0.2) is 0 Å². The molecule has 0 saturated carbocycles. The van der Waals surface area contributed by atoms with E-state index in [0.717, 1.165) is 5.56 Å². The van der Waals surface area contributed by atoms with Gasteiger partial charge in [0, 0.05) is 11.9 Å². The summed E-state index contributed by atoms with van der Waals surface area (Å²) in [6.45, 7) is 2.67. The number of nitrogens with one attached hydrogen (secondary N) is 1. The van der Waals surface area contributed by atoms with Gasteiger partial charge in [0.2, 0.25) is 0 Å². The molecule has 1 atom stereocenters. The van der Waals surface area contributed by atoms with Crippen molar-refractivity contribution in [2.45, 2.75) is 12.5 Å². The van der Waals surface area contributed by atoms with Crippen LogP contribution in [0.5, 0.6) is 0 Å². The van der Waals surface area contributed by atoms with Gasteiger partial charge in [0.25, 0.3) is 5.91 Å². The Morgan fingerprint density at radius 3 is 2.88 bits per heavy atom. The van der Waals surface area contributed by atoms with Crippen molar-refractivity contribution in [3.05, 3.63) is 57.8 Å². The second-order valence-corrected chi connectivity index (χ2v) is 6.73. The average molecular weight is 379 g/mol. The smallest absolute Gasteiger partial charge is 0.275 e. The fraction of sp³-hybridized carbons (Fsp3) is 0.235. The number of nitrogens with two attached hydrogens (primary N) is 1. The maximum Gasteiger partial charge on any atom is 0.275 e. The summed E-state index contributed by atoms with van der Waals surface area (Å²) in [4.78, 5) is 20.9. The minimum absolute atomic E-state index is 0.103. The first-order chi connectivity index (χ1) is 11.9. The molecule has 2 heterocycles. The van der Waals surface area contributed by atoms with Crippen molar-refractivity contribution in [3.8, 4) is 0 Å². The number of hydrogen-bond acceptors (Lipinski definition) is 5. The molecule has 1 aromatic heterocycles. The lowest BCUT2D eigenvalue weighted by molar-refractivity contribution is 0.102. The zero-order valence-corrected chi connectivity index (χ0v) is 14.9. The Bertz CT molecular complexity index is 856. The number of ether oxygens (including phenoxy) is 1. The van der Waals surface area contributed by atoms with Gasteiger partial charge in [-0.05, 0) is 30.7 Å². The van der Waals surface area contributed by atoms with Crippen LogP contribution < -0.4 is 11.1 Å². The van der Waals surface area contributed by atoms with Crippen molar-refractivity contribution in [2.24, 2.45) is 10.7 Å². The van der Waals surface area contributed by atoms with E-state index in [1.165, 1.54) is 12.3 Å². The number of amidine groups is 1. The normalized spacial score (nSPS) is 20.0. The summed E-state index contributed by atoms with van der Waals surface area (Å²) in [5.74, 6) is 0.0206. The summed E-state index contributed by atoms with van der Waals surface area (Å²) in [5.41, 5.74) is 6.77. The maximum atomic E-state index is 12.4. The van der Waals surface area contributed by atoms with E-state index in [9.17, 15) is 4.79 Å². The highest BCUT2D eigenvalue weighted by Crippen LogP contribution is 2.30. The van der Waals surface area contributed by atoms with E-state index < -0.39 is 11.4 Å². The highest BCUT2D eigenvalue weighted by Gasteiger charge is 2.30. The number of hydrogen-bond donors (Lipinski definition) is 2. The lowest BCUT2D eigenvalue weighted by atomic mass is 9.92. The lowest BCUT2D eigenvalue weighted by Crippen LogP contribution is -2.37. The van der Waals surface area contributed by atoms with Gasteiger partial charge in [-0.15, -0.1) is 0 Å². The Morgan fingerprint density at radius 2 is 2.16 bits per heavy atom. The number of pyridine rings is 1. The van der Waals surface area contributed by atoms with Gasteiger partial charge in [-0.25, -0.2) is 4.98 Å². The summed E-state index contributed by atoms with van der Waals surface area (Å²) < 4.78 is 5.49. The van der Waals surface area contributed by atoms with Crippen molar-refractivity contribution in [1.82, 2.24) is 4.98 Å². The molecule has 0 saturated heterocycles. The third-order valence-corrected chi connectivity index (χ3v) is 4.28. The van der Waals surface area contributed by atoms with E-state index in [1.807, 2.05) is 25.1 Å². The predicted octanol–water partition coefficient (Wildman–Crippen LogP) is 3.24. The number of rotatable bonds is 3. The van der Waals surface area contributed by atoms with E-state index in [1.54, 1.807) is 6.07 Å². The van der Waals surface area contributed by atoms with Gasteiger partial charge in [-0.2, -0.15) is 0 Å². The highest BCUT2D eigenvalue weighted by molar-refractivity contribution is 6.36. The number of carbonyl (C=O) groups excluding carboxylic acids is 1. The van der Waals surface area contributed by atoms with Crippen LogP contribution in [0.25, 0.3) is 0 Å². The largest absolute Gasteiger partial charge is 0.386 e. The molecule has 1 aromatic carbocycles. The molecule has 1 aliphatic rings. The molecule has 130 valence electrons. The van der Waals surface area contributed by atoms with E-state index in [0.29, 0.717) is 29.8 Å². The molecule has 1 unspecified atom stereocenters. The fourth-order valence-electron chi connectivity index (χ4n) is 2.59. The topological polar surface area (TPSA) is 89.6 Å². The minimum Gasteiger partial charge on any atom is -0.386 e. The summed E-state index contributed by atoms with van der Waals surface area (Å²) in [6, 6.07) is 8.81. The number of anilines is 1. The molecule has 0 radical (unpaired) electrons. The summed E-state index contributed by atoms with van der Waals surface area (Å²) in [6.07, 6.45) is 1.37. The number of amides is 1. The fourth-order valence-corrected chi connectivity index (χ4v) is 3.05. The van der Waals surface area contributed by atoms with Gasteiger partial charge >= 0.3 is 0 Å². The van der Waals surface area contributed by atoms with Gasteiger partial charge in [-0.3, -0.25) is 9.79 Å². The maximum absolute atomic E-state index is 12.4. The highest BCUT2D eigenvalue weighted by atomic mass is 35.5. The number of nitrogens with zero attached hydrogens (tertiary/aromatic N) is 2. The van der Waals surface area contributed by atoms with Gasteiger partial charge in [0.05, 0.1) is 16.7 Å². The van der Waals surface area contributed by atoms with Crippen molar-refractivity contribution in [3.63, 3.8) is 0 Å². The van der Waals surface area contributed by atoms with Crippen LogP contribution in [0.4, 0.5) is 5.69 Å².